The topological polar surface area (TPSA) is 97.3 Å². The number of ether oxygens (including phenoxy) is 3. The van der Waals surface area contributed by atoms with Crippen molar-refractivity contribution >= 4 is 17.6 Å². The van der Waals surface area contributed by atoms with Crippen molar-refractivity contribution in [3.8, 4) is 17.2 Å². The highest BCUT2D eigenvalue weighted by Gasteiger charge is 2.49. The summed E-state index contributed by atoms with van der Waals surface area (Å²) in [6, 6.07) is 11.9. The number of nitrogens with zero attached hydrogens (tertiary/aromatic N) is 1. The molecule has 10 heteroatoms. The molecule has 8 nitrogen and oxygen atoms in total. The average Bonchev–Trinajstić information content (AvgIpc) is 3.60. The maximum atomic E-state index is 15.5. The molecule has 3 atom stereocenters. The van der Waals surface area contributed by atoms with Crippen LogP contribution < -0.4 is 19.5 Å². The van der Waals surface area contributed by atoms with Crippen LogP contribution in [-0.4, -0.2) is 48.4 Å². The van der Waals surface area contributed by atoms with Crippen molar-refractivity contribution in [2.45, 2.75) is 52.5 Å². The largest absolute Gasteiger partial charge is 0.493 e. The predicted octanol–water partition coefficient (Wildman–Crippen LogP) is 6.33. The Morgan fingerprint density at radius 1 is 1.02 bits per heavy atom. The third-order valence-electron chi connectivity index (χ3n) is 8.22. The fraction of sp³-hybridized carbons (Fsp3) is 0.412. The Hall–Kier alpha value is -4.18. The minimum atomic E-state index is -1.11. The van der Waals surface area contributed by atoms with E-state index in [2.05, 4.69) is 5.32 Å². The van der Waals surface area contributed by atoms with E-state index in [0.29, 0.717) is 59.2 Å². The molecule has 0 aromatic heterocycles. The van der Waals surface area contributed by atoms with Crippen molar-refractivity contribution in [2.24, 2.45) is 11.8 Å². The van der Waals surface area contributed by atoms with Gasteiger partial charge in [-0.3, -0.25) is 14.5 Å². The van der Waals surface area contributed by atoms with Gasteiger partial charge in [-0.1, -0.05) is 39.8 Å². The maximum Gasteiger partial charge on any atom is 0.309 e. The third-order valence-corrected chi connectivity index (χ3v) is 8.22. The molecule has 0 radical (unpaired) electrons. The van der Waals surface area contributed by atoms with E-state index in [-0.39, 0.29) is 42.9 Å². The zero-order valence-electron chi connectivity index (χ0n) is 25.4. The highest BCUT2D eigenvalue weighted by atomic mass is 19.1. The number of rotatable bonds is 11. The first-order valence-electron chi connectivity index (χ1n) is 15.0. The van der Waals surface area contributed by atoms with Crippen LogP contribution in [0.4, 0.5) is 14.5 Å². The smallest absolute Gasteiger partial charge is 0.309 e. The summed E-state index contributed by atoms with van der Waals surface area (Å²) in [6.07, 6.45) is 1.04. The van der Waals surface area contributed by atoms with E-state index < -0.39 is 29.7 Å². The van der Waals surface area contributed by atoms with Crippen LogP contribution in [0.15, 0.2) is 48.5 Å². The number of hydrogen-bond acceptors (Lipinski definition) is 6. The van der Waals surface area contributed by atoms with Crippen LogP contribution in [0, 0.1) is 23.5 Å². The molecule has 2 aliphatic heterocycles. The molecule has 0 aliphatic carbocycles. The van der Waals surface area contributed by atoms with Crippen LogP contribution in [-0.2, 0) is 22.4 Å². The van der Waals surface area contributed by atoms with E-state index in [1.54, 1.807) is 29.2 Å². The summed E-state index contributed by atoms with van der Waals surface area (Å²) < 4.78 is 46.3. The van der Waals surface area contributed by atoms with Crippen LogP contribution >= 0.6 is 0 Å². The summed E-state index contributed by atoms with van der Waals surface area (Å²) in [7, 11) is 0. The highest BCUT2D eigenvalue weighted by Crippen LogP contribution is 2.48. The monoisotopic (exact) mass is 608 g/mol. The van der Waals surface area contributed by atoms with Gasteiger partial charge in [0.05, 0.1) is 19.1 Å². The number of aliphatic carboxylic acids is 1. The first-order chi connectivity index (χ1) is 21.1. The molecular weight excluding hydrogens is 570 g/mol. The zero-order chi connectivity index (χ0) is 31.5. The summed E-state index contributed by atoms with van der Waals surface area (Å²) in [5, 5.41) is 13.5. The lowest BCUT2D eigenvalue weighted by Gasteiger charge is -2.27. The fourth-order valence-electron chi connectivity index (χ4n) is 6.15. The summed E-state index contributed by atoms with van der Waals surface area (Å²) in [6.45, 7) is 8.28. The molecule has 0 bridgehead atoms. The SMILES string of the molecule is CCc1cc(F)cc(CC)c1NC(=O)CN1C[C@H](c2cc3c(cc2F)OCO3)C(C(=O)O)[C@@H]1c1ccc(OCC(C)C)cc1. The molecule has 3 aromatic carbocycles. The van der Waals surface area contributed by atoms with Crippen molar-refractivity contribution in [3.05, 3.63) is 82.4 Å². The third kappa shape index (κ3) is 6.50. The van der Waals surface area contributed by atoms with Crippen LogP contribution in [0.1, 0.15) is 61.9 Å². The van der Waals surface area contributed by atoms with Gasteiger partial charge in [-0.15, -0.1) is 0 Å². The second-order valence-corrected chi connectivity index (χ2v) is 11.7. The summed E-state index contributed by atoms with van der Waals surface area (Å²) in [5.74, 6) is -2.74. The Kier molecular flexibility index (Phi) is 9.39. The molecular formula is C34H38F2N2O6. The lowest BCUT2D eigenvalue weighted by atomic mass is 9.82. The van der Waals surface area contributed by atoms with Gasteiger partial charge >= 0.3 is 5.97 Å². The molecule has 3 aromatic rings. The van der Waals surface area contributed by atoms with Gasteiger partial charge in [0.25, 0.3) is 0 Å². The van der Waals surface area contributed by atoms with Crippen molar-refractivity contribution in [1.82, 2.24) is 4.90 Å². The van der Waals surface area contributed by atoms with E-state index in [0.717, 1.165) is 0 Å². The number of anilines is 1. The number of likely N-dealkylation sites (tertiary alicyclic amines) is 1. The van der Waals surface area contributed by atoms with Crippen molar-refractivity contribution in [1.29, 1.82) is 0 Å². The summed E-state index contributed by atoms with van der Waals surface area (Å²) in [5.41, 5.74) is 2.77. The quantitative estimate of drug-likeness (QED) is 0.263. The second-order valence-electron chi connectivity index (χ2n) is 11.7. The Labute approximate surface area is 255 Å². The number of aryl methyl sites for hydroxylation is 2. The predicted molar refractivity (Wildman–Crippen MR) is 161 cm³/mol. The first kappa shape index (κ1) is 31.3. The van der Waals surface area contributed by atoms with Gasteiger partial charge in [0.15, 0.2) is 11.5 Å². The lowest BCUT2D eigenvalue weighted by molar-refractivity contribution is -0.143. The molecule has 5 rings (SSSR count). The maximum absolute atomic E-state index is 15.5. The normalized spacial score (nSPS) is 19.4. The molecule has 1 saturated heterocycles. The van der Waals surface area contributed by atoms with Crippen LogP contribution in [0.2, 0.25) is 0 Å². The number of nitrogens with one attached hydrogen (secondary N) is 1. The Bertz CT molecular complexity index is 1500. The zero-order valence-corrected chi connectivity index (χ0v) is 25.4. The second kappa shape index (κ2) is 13.2. The average molecular weight is 609 g/mol. The molecule has 0 saturated carbocycles. The van der Waals surface area contributed by atoms with E-state index in [4.69, 9.17) is 14.2 Å². The molecule has 234 valence electrons. The van der Waals surface area contributed by atoms with E-state index >= 15 is 4.39 Å². The number of carboxylic acid groups (broad SMARTS) is 1. The van der Waals surface area contributed by atoms with Crippen LogP contribution in [0.3, 0.4) is 0 Å². The van der Waals surface area contributed by atoms with Crippen LogP contribution in [0.25, 0.3) is 0 Å². The standard InChI is InChI=1S/C34H38F2N2O6/c1-5-20-11-23(35)12-21(6-2)32(20)37-30(39)16-38-15-26(25-13-28-29(14-27(25)36)44-18-43-28)31(34(40)41)33(38)22-7-9-24(10-8-22)42-17-19(3)4/h7-14,19,26,31,33H,5-6,15-18H2,1-4H3,(H,37,39)(H,40,41)/t26-,31?,33+/m1/s1. The van der Waals surface area contributed by atoms with Gasteiger partial charge in [-0.25, -0.2) is 8.78 Å². The van der Waals surface area contributed by atoms with Crippen molar-refractivity contribution in [3.63, 3.8) is 0 Å². The van der Waals surface area contributed by atoms with Gasteiger partial charge in [-0.2, -0.15) is 0 Å². The Balaban J connectivity index is 1.50. The number of carbonyl (C=O) groups excluding carboxylic acids is 1. The molecule has 44 heavy (non-hydrogen) atoms. The molecule has 2 heterocycles. The lowest BCUT2D eigenvalue weighted by Crippen LogP contribution is -2.35. The van der Waals surface area contributed by atoms with Gasteiger partial charge in [0.2, 0.25) is 12.7 Å². The molecule has 2 aliphatic rings. The number of fused-ring (bicyclic) bond motifs is 1. The number of hydrogen-bond donors (Lipinski definition) is 2. The van der Waals surface area contributed by atoms with E-state index in [1.807, 2.05) is 27.7 Å². The number of carbonyl (C=O) groups is 2. The Morgan fingerprint density at radius 3 is 2.25 bits per heavy atom. The highest BCUT2D eigenvalue weighted by molar-refractivity contribution is 5.94. The number of amides is 1. The first-order valence-corrected chi connectivity index (χ1v) is 15.0. The van der Waals surface area contributed by atoms with Gasteiger partial charge < -0.3 is 24.6 Å². The number of benzene rings is 3. The van der Waals surface area contributed by atoms with E-state index in [9.17, 15) is 19.1 Å². The molecule has 1 amide bonds. The fourth-order valence-corrected chi connectivity index (χ4v) is 6.15. The van der Waals surface area contributed by atoms with Gasteiger partial charge in [-0.05, 0) is 71.3 Å². The molecule has 2 N–H and O–H groups in total. The summed E-state index contributed by atoms with van der Waals surface area (Å²) in [4.78, 5) is 28.3. The minimum Gasteiger partial charge on any atom is -0.493 e. The van der Waals surface area contributed by atoms with Crippen molar-refractivity contribution in [2.75, 3.05) is 31.8 Å². The van der Waals surface area contributed by atoms with Gasteiger partial charge in [0, 0.05) is 30.3 Å². The van der Waals surface area contributed by atoms with Crippen LogP contribution in [0.5, 0.6) is 17.2 Å². The molecule has 0 spiro atoms. The molecule has 1 fully saturated rings. The Morgan fingerprint density at radius 2 is 1.66 bits per heavy atom. The number of carboxylic acids is 1. The molecule has 1 unspecified atom stereocenters. The van der Waals surface area contributed by atoms with E-state index in [1.165, 1.54) is 24.3 Å². The number of halogens is 2. The minimum absolute atomic E-state index is 0.0473. The van der Waals surface area contributed by atoms with Gasteiger partial charge in [0.1, 0.15) is 17.4 Å². The summed E-state index contributed by atoms with van der Waals surface area (Å²) >= 11 is 0. The van der Waals surface area contributed by atoms with Crippen molar-refractivity contribution < 1.29 is 37.7 Å².